The number of fused-ring (bicyclic) bond motifs is 6. The zero-order valence-electron chi connectivity index (χ0n) is 26.7. The Kier molecular flexibility index (Phi) is 6.42. The summed E-state index contributed by atoms with van der Waals surface area (Å²) in [5.74, 6) is 0.643. The molecule has 0 aliphatic carbocycles. The lowest BCUT2D eigenvalue weighted by Crippen LogP contribution is -1.97. The van der Waals surface area contributed by atoms with E-state index in [1.165, 1.54) is 0 Å². The van der Waals surface area contributed by atoms with Gasteiger partial charge in [-0.15, -0.1) is 0 Å². The lowest BCUT2D eigenvalue weighted by atomic mass is 9.95. The van der Waals surface area contributed by atoms with Crippen molar-refractivity contribution in [3.63, 3.8) is 0 Å². The molecular formula is C45H27N3O2. The van der Waals surface area contributed by atoms with Crippen molar-refractivity contribution in [2.45, 2.75) is 0 Å². The molecular weight excluding hydrogens is 615 g/mol. The van der Waals surface area contributed by atoms with Crippen molar-refractivity contribution in [3.05, 3.63) is 164 Å². The van der Waals surface area contributed by atoms with E-state index >= 15 is 0 Å². The number of hydrogen-bond donors (Lipinski definition) is 0. The van der Waals surface area contributed by atoms with Crippen molar-refractivity contribution in [3.8, 4) is 56.2 Å². The second kappa shape index (κ2) is 11.4. The van der Waals surface area contributed by atoms with Crippen LogP contribution in [0.4, 0.5) is 0 Å². The number of hydrogen-bond acceptors (Lipinski definition) is 5. The predicted octanol–water partition coefficient (Wildman–Crippen LogP) is 12.0. The summed E-state index contributed by atoms with van der Waals surface area (Å²) in [5.41, 5.74) is 11.9. The highest BCUT2D eigenvalue weighted by atomic mass is 16.3. The van der Waals surface area contributed by atoms with E-state index in [2.05, 4.69) is 96.0 Å². The van der Waals surface area contributed by atoms with Crippen LogP contribution in [0.15, 0.2) is 173 Å². The maximum atomic E-state index is 6.73. The fourth-order valence-electron chi connectivity index (χ4n) is 7.06. The molecule has 4 heterocycles. The van der Waals surface area contributed by atoms with E-state index in [1.54, 1.807) is 6.20 Å². The molecule has 0 N–H and O–H groups in total. The molecule has 0 unspecified atom stereocenters. The Morgan fingerprint density at radius 1 is 0.400 bits per heavy atom. The molecule has 5 nitrogen and oxygen atoms in total. The SMILES string of the molecule is c1ccc(-c2cc(-c3ccc(-c4cccc5c4oc4ccccc45)c4oc5ccccc5c34)nc(-c3cccc(-c4cccnc4)c3)n2)cc1. The molecule has 0 saturated heterocycles. The quantitative estimate of drug-likeness (QED) is 0.187. The standard InChI is InChI=1S/C45H27N3O2/c1-2-11-28(12-3-1)38-26-39(48-45(47-38)30-14-8-13-29(25-30)31-15-10-24-46-27-31)36-23-22-35(44-42(36)37-17-5-7-21-41(37)50-44)34-19-9-18-33-32-16-4-6-20-40(32)49-43(33)34/h1-27H. The largest absolute Gasteiger partial charge is 0.455 e. The minimum atomic E-state index is 0.643. The Hall–Kier alpha value is -6.85. The molecule has 0 fully saturated rings. The van der Waals surface area contributed by atoms with Crippen LogP contribution in [0.25, 0.3) is 100 Å². The monoisotopic (exact) mass is 641 g/mol. The van der Waals surface area contributed by atoms with Gasteiger partial charge in [0.05, 0.1) is 11.4 Å². The van der Waals surface area contributed by atoms with E-state index in [9.17, 15) is 0 Å². The smallest absolute Gasteiger partial charge is 0.160 e. The molecule has 234 valence electrons. The molecule has 0 atom stereocenters. The van der Waals surface area contributed by atoms with Crippen LogP contribution in [0, 0.1) is 0 Å². The van der Waals surface area contributed by atoms with E-state index in [4.69, 9.17) is 18.8 Å². The second-order valence-corrected chi connectivity index (χ2v) is 12.4. The zero-order valence-corrected chi connectivity index (χ0v) is 26.7. The van der Waals surface area contributed by atoms with Crippen LogP contribution < -0.4 is 0 Å². The third-order valence-corrected chi connectivity index (χ3v) is 9.41. The lowest BCUT2D eigenvalue weighted by molar-refractivity contribution is 0.665. The molecule has 5 heteroatoms. The van der Waals surface area contributed by atoms with Gasteiger partial charge in [0, 0.05) is 67.3 Å². The van der Waals surface area contributed by atoms with E-state index in [0.717, 1.165) is 94.2 Å². The maximum Gasteiger partial charge on any atom is 0.160 e. The fraction of sp³-hybridized carbons (Fsp3) is 0. The molecule has 50 heavy (non-hydrogen) atoms. The summed E-state index contributed by atoms with van der Waals surface area (Å²) in [7, 11) is 0. The first-order valence-electron chi connectivity index (χ1n) is 16.6. The summed E-state index contributed by atoms with van der Waals surface area (Å²) < 4.78 is 13.2. The number of para-hydroxylation sites is 3. The molecule has 0 amide bonds. The van der Waals surface area contributed by atoms with Crippen LogP contribution in [0.5, 0.6) is 0 Å². The van der Waals surface area contributed by atoms with Gasteiger partial charge in [-0.25, -0.2) is 9.97 Å². The van der Waals surface area contributed by atoms with Gasteiger partial charge in [-0.3, -0.25) is 4.98 Å². The van der Waals surface area contributed by atoms with Crippen LogP contribution in [-0.4, -0.2) is 15.0 Å². The normalized spacial score (nSPS) is 11.6. The Labute approximate surface area is 287 Å². The summed E-state index contributed by atoms with van der Waals surface area (Å²) in [6.07, 6.45) is 3.66. The summed E-state index contributed by atoms with van der Waals surface area (Å²) in [6.45, 7) is 0. The molecule has 0 radical (unpaired) electrons. The van der Waals surface area contributed by atoms with Gasteiger partial charge in [0.2, 0.25) is 0 Å². The van der Waals surface area contributed by atoms with Gasteiger partial charge in [0.25, 0.3) is 0 Å². The van der Waals surface area contributed by atoms with Crippen molar-refractivity contribution in [1.29, 1.82) is 0 Å². The van der Waals surface area contributed by atoms with Crippen LogP contribution in [0.3, 0.4) is 0 Å². The average Bonchev–Trinajstić information content (AvgIpc) is 3.78. The van der Waals surface area contributed by atoms with Crippen LogP contribution >= 0.6 is 0 Å². The van der Waals surface area contributed by atoms with Gasteiger partial charge in [-0.05, 0) is 42.0 Å². The second-order valence-electron chi connectivity index (χ2n) is 12.4. The minimum absolute atomic E-state index is 0.643. The first-order valence-corrected chi connectivity index (χ1v) is 16.6. The topological polar surface area (TPSA) is 65.0 Å². The van der Waals surface area contributed by atoms with Crippen molar-refractivity contribution in [2.75, 3.05) is 0 Å². The molecule has 10 aromatic rings. The van der Waals surface area contributed by atoms with Gasteiger partial charge in [0.15, 0.2) is 5.82 Å². The summed E-state index contributed by atoms with van der Waals surface area (Å²) >= 11 is 0. The third kappa shape index (κ3) is 4.60. The van der Waals surface area contributed by atoms with E-state index in [0.29, 0.717) is 5.82 Å². The van der Waals surface area contributed by atoms with Gasteiger partial charge >= 0.3 is 0 Å². The Bertz CT molecular complexity index is 2870. The highest BCUT2D eigenvalue weighted by Crippen LogP contribution is 2.44. The predicted molar refractivity (Wildman–Crippen MR) is 202 cm³/mol. The number of nitrogens with zero attached hydrogens (tertiary/aromatic N) is 3. The molecule has 0 bridgehead atoms. The number of aromatic nitrogens is 3. The molecule has 6 aromatic carbocycles. The van der Waals surface area contributed by atoms with Crippen molar-refractivity contribution >= 4 is 43.9 Å². The zero-order chi connectivity index (χ0) is 33.0. The molecule has 0 saturated carbocycles. The van der Waals surface area contributed by atoms with Crippen molar-refractivity contribution in [1.82, 2.24) is 15.0 Å². The average molecular weight is 642 g/mol. The number of benzene rings is 6. The van der Waals surface area contributed by atoms with Crippen LogP contribution in [-0.2, 0) is 0 Å². The highest BCUT2D eigenvalue weighted by molar-refractivity contribution is 6.18. The molecule has 0 spiro atoms. The Morgan fingerprint density at radius 3 is 1.90 bits per heavy atom. The molecule has 0 aliphatic rings. The lowest BCUT2D eigenvalue weighted by Gasteiger charge is -2.12. The van der Waals surface area contributed by atoms with E-state index < -0.39 is 0 Å². The number of rotatable bonds is 5. The van der Waals surface area contributed by atoms with Gasteiger partial charge in [-0.2, -0.15) is 0 Å². The van der Waals surface area contributed by atoms with Crippen LogP contribution in [0.1, 0.15) is 0 Å². The number of pyridine rings is 1. The van der Waals surface area contributed by atoms with Gasteiger partial charge < -0.3 is 8.83 Å². The van der Waals surface area contributed by atoms with Crippen molar-refractivity contribution in [2.24, 2.45) is 0 Å². The van der Waals surface area contributed by atoms with Gasteiger partial charge in [0.1, 0.15) is 22.3 Å². The maximum absolute atomic E-state index is 6.73. The molecule has 0 aliphatic heterocycles. The van der Waals surface area contributed by atoms with E-state index in [1.807, 2.05) is 66.9 Å². The van der Waals surface area contributed by atoms with E-state index in [-0.39, 0.29) is 0 Å². The van der Waals surface area contributed by atoms with Gasteiger partial charge in [-0.1, -0.05) is 115 Å². The highest BCUT2D eigenvalue weighted by Gasteiger charge is 2.22. The molecule has 4 aromatic heterocycles. The van der Waals surface area contributed by atoms with Crippen molar-refractivity contribution < 1.29 is 8.83 Å². The Morgan fingerprint density at radius 2 is 1.04 bits per heavy atom. The molecule has 10 rings (SSSR count). The third-order valence-electron chi connectivity index (χ3n) is 9.41. The minimum Gasteiger partial charge on any atom is -0.455 e. The van der Waals surface area contributed by atoms with Crippen LogP contribution in [0.2, 0.25) is 0 Å². The summed E-state index contributed by atoms with van der Waals surface area (Å²) in [6, 6.07) is 51.7. The summed E-state index contributed by atoms with van der Waals surface area (Å²) in [5, 5.41) is 4.19. The summed E-state index contributed by atoms with van der Waals surface area (Å²) in [4.78, 5) is 14.7. The first-order chi connectivity index (χ1) is 24.8. The fourth-order valence-corrected chi connectivity index (χ4v) is 7.06. The number of furan rings is 2. The Balaban J connectivity index is 1.23. The first kappa shape index (κ1) is 28.2.